The van der Waals surface area contributed by atoms with E-state index >= 15 is 0 Å². The standard InChI is InChI=1S/C17H13BrN2O4S/c18-12-5-7-13(8-6-12)19-14-15(21)20(17(24)25-14)9-10-1-3-11(4-2-10)16(22)23/h1-8,14,19H,9H2,(H,22,23). The molecule has 1 saturated heterocycles. The summed E-state index contributed by atoms with van der Waals surface area (Å²) in [6, 6.07) is 13.4. The summed E-state index contributed by atoms with van der Waals surface area (Å²) in [7, 11) is 0. The number of amides is 2. The lowest BCUT2D eigenvalue weighted by Gasteiger charge is -2.15. The molecule has 128 valence electrons. The molecule has 1 atom stereocenters. The summed E-state index contributed by atoms with van der Waals surface area (Å²) in [5, 5.41) is 10.9. The lowest BCUT2D eigenvalue weighted by Crippen LogP contribution is -2.33. The highest BCUT2D eigenvalue weighted by atomic mass is 79.9. The van der Waals surface area contributed by atoms with E-state index in [4.69, 9.17) is 5.11 Å². The van der Waals surface area contributed by atoms with Gasteiger partial charge in [0.25, 0.3) is 11.1 Å². The van der Waals surface area contributed by atoms with Crippen LogP contribution < -0.4 is 5.32 Å². The highest BCUT2D eigenvalue weighted by Gasteiger charge is 2.39. The minimum Gasteiger partial charge on any atom is -0.478 e. The van der Waals surface area contributed by atoms with Gasteiger partial charge < -0.3 is 10.4 Å². The molecule has 2 aromatic rings. The number of thioether (sulfide) groups is 1. The first-order chi connectivity index (χ1) is 11.9. The van der Waals surface area contributed by atoms with Crippen LogP contribution in [-0.2, 0) is 11.3 Å². The predicted octanol–water partition coefficient (Wildman–Crippen LogP) is 3.78. The Hall–Kier alpha value is -2.32. The van der Waals surface area contributed by atoms with Crippen LogP contribution in [0.1, 0.15) is 15.9 Å². The number of hydrogen-bond acceptors (Lipinski definition) is 5. The number of nitrogens with one attached hydrogen (secondary N) is 1. The third kappa shape index (κ3) is 4.02. The first-order valence-electron chi connectivity index (χ1n) is 7.30. The number of carboxylic acids is 1. The number of carbonyl (C=O) groups is 3. The van der Waals surface area contributed by atoms with Crippen LogP contribution in [0, 0.1) is 0 Å². The zero-order valence-electron chi connectivity index (χ0n) is 12.8. The molecule has 0 spiro atoms. The first kappa shape index (κ1) is 17.5. The van der Waals surface area contributed by atoms with Gasteiger partial charge in [-0.05, 0) is 53.7 Å². The Morgan fingerprint density at radius 1 is 1.12 bits per heavy atom. The molecule has 0 bridgehead atoms. The molecule has 3 rings (SSSR count). The summed E-state index contributed by atoms with van der Waals surface area (Å²) >= 11 is 4.27. The van der Waals surface area contributed by atoms with E-state index in [0.717, 1.165) is 26.8 Å². The molecular formula is C17H13BrN2O4S. The second kappa shape index (κ2) is 7.28. The van der Waals surface area contributed by atoms with E-state index in [1.54, 1.807) is 12.1 Å². The molecular weight excluding hydrogens is 408 g/mol. The Kier molecular flexibility index (Phi) is 5.10. The maximum absolute atomic E-state index is 12.5. The van der Waals surface area contributed by atoms with Crippen molar-refractivity contribution in [2.75, 3.05) is 5.32 Å². The molecule has 1 unspecified atom stereocenters. The molecule has 1 heterocycles. The Morgan fingerprint density at radius 3 is 2.36 bits per heavy atom. The molecule has 2 N–H and O–H groups in total. The molecule has 1 aliphatic rings. The smallest absolute Gasteiger partial charge is 0.335 e. The number of halogens is 1. The van der Waals surface area contributed by atoms with Crippen LogP contribution in [0.25, 0.3) is 0 Å². The molecule has 1 fully saturated rings. The highest BCUT2D eigenvalue weighted by molar-refractivity contribution is 9.10. The maximum atomic E-state index is 12.5. The van der Waals surface area contributed by atoms with E-state index in [-0.39, 0.29) is 23.3 Å². The fourth-order valence-corrected chi connectivity index (χ4v) is 3.48. The fourth-order valence-electron chi connectivity index (χ4n) is 2.31. The van der Waals surface area contributed by atoms with Crippen molar-refractivity contribution in [2.24, 2.45) is 0 Å². The van der Waals surface area contributed by atoms with E-state index in [2.05, 4.69) is 21.2 Å². The topological polar surface area (TPSA) is 86.7 Å². The molecule has 2 aromatic carbocycles. The van der Waals surface area contributed by atoms with E-state index in [0.29, 0.717) is 5.56 Å². The van der Waals surface area contributed by atoms with Crippen LogP contribution >= 0.6 is 27.7 Å². The second-order valence-corrected chi connectivity index (χ2v) is 7.31. The number of carbonyl (C=O) groups excluding carboxylic acids is 2. The molecule has 25 heavy (non-hydrogen) atoms. The highest BCUT2D eigenvalue weighted by Crippen LogP contribution is 2.30. The number of anilines is 1. The normalized spacial score (nSPS) is 17.0. The minimum atomic E-state index is -1.02. The molecule has 0 radical (unpaired) electrons. The van der Waals surface area contributed by atoms with Crippen LogP contribution in [0.3, 0.4) is 0 Å². The van der Waals surface area contributed by atoms with Gasteiger partial charge in [-0.1, -0.05) is 28.1 Å². The van der Waals surface area contributed by atoms with Crippen LogP contribution in [0.2, 0.25) is 0 Å². The van der Waals surface area contributed by atoms with Crippen LogP contribution in [0.15, 0.2) is 53.0 Å². The van der Waals surface area contributed by atoms with Crippen molar-refractivity contribution in [1.82, 2.24) is 4.90 Å². The number of rotatable bonds is 5. The lowest BCUT2D eigenvalue weighted by atomic mass is 10.1. The largest absolute Gasteiger partial charge is 0.478 e. The molecule has 6 nitrogen and oxygen atoms in total. The Bertz CT molecular complexity index is 824. The van der Waals surface area contributed by atoms with E-state index in [9.17, 15) is 14.4 Å². The van der Waals surface area contributed by atoms with Gasteiger partial charge in [0.2, 0.25) is 0 Å². The zero-order chi connectivity index (χ0) is 18.0. The van der Waals surface area contributed by atoms with Gasteiger partial charge in [-0.15, -0.1) is 0 Å². The van der Waals surface area contributed by atoms with Crippen molar-refractivity contribution in [2.45, 2.75) is 11.9 Å². The minimum absolute atomic E-state index is 0.114. The van der Waals surface area contributed by atoms with Gasteiger partial charge in [-0.2, -0.15) is 0 Å². The van der Waals surface area contributed by atoms with Gasteiger partial charge in [0.05, 0.1) is 12.1 Å². The third-order valence-corrected chi connectivity index (χ3v) is 5.12. The van der Waals surface area contributed by atoms with Crippen LogP contribution in [-0.4, -0.2) is 32.5 Å². The Morgan fingerprint density at radius 2 is 1.76 bits per heavy atom. The lowest BCUT2D eigenvalue weighted by molar-refractivity contribution is -0.126. The summed E-state index contributed by atoms with van der Waals surface area (Å²) in [4.78, 5) is 36.7. The van der Waals surface area contributed by atoms with Gasteiger partial charge in [0.15, 0.2) is 5.37 Å². The molecule has 1 aliphatic heterocycles. The predicted molar refractivity (Wildman–Crippen MR) is 98.5 cm³/mol. The van der Waals surface area contributed by atoms with Gasteiger partial charge >= 0.3 is 5.97 Å². The van der Waals surface area contributed by atoms with Gasteiger partial charge in [0, 0.05) is 10.2 Å². The molecule has 8 heteroatoms. The average Bonchev–Trinajstić information content (AvgIpc) is 2.85. The zero-order valence-corrected chi connectivity index (χ0v) is 15.2. The average molecular weight is 421 g/mol. The quantitative estimate of drug-likeness (QED) is 0.764. The van der Waals surface area contributed by atoms with Crippen molar-refractivity contribution >= 4 is 50.5 Å². The molecule has 2 amide bonds. The fraction of sp³-hybridized carbons (Fsp3) is 0.118. The SMILES string of the molecule is O=C(O)c1ccc(CN2C(=O)SC(Nc3ccc(Br)cc3)C2=O)cc1. The van der Waals surface area contributed by atoms with Crippen LogP contribution in [0.5, 0.6) is 0 Å². The molecule has 0 saturated carbocycles. The summed E-state index contributed by atoms with van der Waals surface area (Å²) in [6.07, 6.45) is 0. The summed E-state index contributed by atoms with van der Waals surface area (Å²) in [6.45, 7) is 0.114. The third-order valence-electron chi connectivity index (χ3n) is 3.61. The summed E-state index contributed by atoms with van der Waals surface area (Å²) < 4.78 is 0.922. The van der Waals surface area contributed by atoms with Gasteiger partial charge in [-0.25, -0.2) is 4.79 Å². The number of benzene rings is 2. The van der Waals surface area contributed by atoms with Crippen molar-refractivity contribution < 1.29 is 19.5 Å². The van der Waals surface area contributed by atoms with Crippen molar-refractivity contribution in [3.05, 3.63) is 64.1 Å². The molecule has 0 aromatic heterocycles. The summed E-state index contributed by atoms with van der Waals surface area (Å²) in [5.74, 6) is -1.34. The second-order valence-electron chi connectivity index (χ2n) is 5.34. The maximum Gasteiger partial charge on any atom is 0.335 e. The number of nitrogens with zero attached hydrogens (tertiary/aromatic N) is 1. The number of imide groups is 1. The van der Waals surface area contributed by atoms with E-state index in [1.807, 2.05) is 24.3 Å². The Labute approximate surface area is 156 Å². The van der Waals surface area contributed by atoms with Gasteiger partial charge in [0.1, 0.15) is 0 Å². The Balaban J connectivity index is 1.68. The first-order valence-corrected chi connectivity index (χ1v) is 8.97. The van der Waals surface area contributed by atoms with Crippen LogP contribution in [0.4, 0.5) is 10.5 Å². The monoisotopic (exact) mass is 420 g/mol. The number of aromatic carboxylic acids is 1. The van der Waals surface area contributed by atoms with Crippen molar-refractivity contribution in [3.63, 3.8) is 0 Å². The van der Waals surface area contributed by atoms with Crippen molar-refractivity contribution in [1.29, 1.82) is 0 Å². The number of hydrogen-bond donors (Lipinski definition) is 2. The van der Waals surface area contributed by atoms with Gasteiger partial charge in [-0.3, -0.25) is 14.5 Å². The summed E-state index contributed by atoms with van der Waals surface area (Å²) in [5.41, 5.74) is 1.60. The van der Waals surface area contributed by atoms with E-state index in [1.165, 1.54) is 12.1 Å². The molecule has 0 aliphatic carbocycles. The number of carboxylic acid groups (broad SMARTS) is 1. The van der Waals surface area contributed by atoms with E-state index < -0.39 is 11.3 Å². The van der Waals surface area contributed by atoms with Crippen molar-refractivity contribution in [3.8, 4) is 0 Å².